The van der Waals surface area contributed by atoms with Crippen LogP contribution < -0.4 is 10.6 Å². The number of nitro groups is 1. The molecule has 0 heterocycles. The number of halogens is 1. The maximum Gasteiger partial charge on any atom is 0.269 e. The summed E-state index contributed by atoms with van der Waals surface area (Å²) in [6.07, 6.45) is 1.05. The first-order chi connectivity index (χ1) is 12.2. The summed E-state index contributed by atoms with van der Waals surface area (Å²) in [5.41, 5.74) is 0.733. The molecular weight excluding hydrogens is 382 g/mol. The first-order valence-corrected chi connectivity index (χ1v) is 9.71. The maximum absolute atomic E-state index is 12.2. The van der Waals surface area contributed by atoms with Gasteiger partial charge in [-0.1, -0.05) is 11.6 Å². The summed E-state index contributed by atoms with van der Waals surface area (Å²) in [7, 11) is -3.45. The fraction of sp³-hybridized carbons (Fsp3) is 0.188. The summed E-state index contributed by atoms with van der Waals surface area (Å²) in [6, 6.07) is 9.80. The lowest BCUT2D eigenvalue weighted by molar-refractivity contribution is -0.384. The number of non-ortho nitro benzene ring substituents is 1. The Morgan fingerprint density at radius 2 is 1.81 bits per heavy atom. The molecule has 0 unspecified atom stereocenters. The van der Waals surface area contributed by atoms with Crippen LogP contribution in [0.1, 0.15) is 10.4 Å². The van der Waals surface area contributed by atoms with Gasteiger partial charge in [0.1, 0.15) is 0 Å². The van der Waals surface area contributed by atoms with Gasteiger partial charge in [0, 0.05) is 37.2 Å². The number of rotatable bonds is 7. The van der Waals surface area contributed by atoms with Crippen LogP contribution in [-0.4, -0.2) is 38.6 Å². The number of anilines is 1. The SMILES string of the molecule is CS(=O)(=O)c1ccc(Cl)c(C(=O)NCCNc2ccc([N+](=O)[O-])cc2)c1. The van der Waals surface area contributed by atoms with Gasteiger partial charge in [-0.05, 0) is 30.3 Å². The minimum absolute atomic E-state index is 0.00995. The molecule has 0 radical (unpaired) electrons. The fourth-order valence-electron chi connectivity index (χ4n) is 2.09. The molecule has 0 saturated carbocycles. The average Bonchev–Trinajstić information content (AvgIpc) is 2.58. The lowest BCUT2D eigenvalue weighted by Crippen LogP contribution is -2.29. The minimum atomic E-state index is -3.45. The molecule has 0 aliphatic carbocycles. The van der Waals surface area contributed by atoms with E-state index in [2.05, 4.69) is 10.6 Å². The molecule has 0 aliphatic rings. The van der Waals surface area contributed by atoms with Gasteiger partial charge in [0.15, 0.2) is 9.84 Å². The van der Waals surface area contributed by atoms with E-state index in [1.165, 1.54) is 30.3 Å². The van der Waals surface area contributed by atoms with Crippen LogP contribution in [0.3, 0.4) is 0 Å². The molecule has 2 aromatic rings. The Morgan fingerprint density at radius 1 is 1.15 bits per heavy atom. The molecule has 0 aliphatic heterocycles. The molecule has 0 bridgehead atoms. The third kappa shape index (κ3) is 5.17. The van der Waals surface area contributed by atoms with E-state index >= 15 is 0 Å². The molecule has 0 fully saturated rings. The summed E-state index contributed by atoms with van der Waals surface area (Å²) in [5.74, 6) is -0.494. The van der Waals surface area contributed by atoms with Crippen molar-refractivity contribution in [2.24, 2.45) is 0 Å². The number of nitrogens with zero attached hydrogens (tertiary/aromatic N) is 1. The first-order valence-electron chi connectivity index (χ1n) is 7.44. The molecular formula is C16H16ClN3O5S. The molecule has 2 rings (SSSR count). The van der Waals surface area contributed by atoms with Crippen molar-refractivity contribution in [1.82, 2.24) is 5.32 Å². The van der Waals surface area contributed by atoms with Gasteiger partial charge in [0.25, 0.3) is 11.6 Å². The molecule has 1 amide bonds. The highest BCUT2D eigenvalue weighted by Crippen LogP contribution is 2.20. The smallest absolute Gasteiger partial charge is 0.269 e. The van der Waals surface area contributed by atoms with Crippen molar-refractivity contribution in [3.05, 3.63) is 63.2 Å². The van der Waals surface area contributed by atoms with Crippen molar-refractivity contribution in [3.63, 3.8) is 0 Å². The Bertz CT molecular complexity index is 929. The van der Waals surface area contributed by atoms with Crippen LogP contribution >= 0.6 is 11.6 Å². The number of sulfone groups is 1. The largest absolute Gasteiger partial charge is 0.383 e. The van der Waals surface area contributed by atoms with Crippen molar-refractivity contribution < 1.29 is 18.1 Å². The number of benzene rings is 2. The van der Waals surface area contributed by atoms with Crippen molar-refractivity contribution in [2.45, 2.75) is 4.90 Å². The number of nitrogens with one attached hydrogen (secondary N) is 2. The standard InChI is InChI=1S/C16H16ClN3O5S/c1-26(24,25)13-6-7-15(17)14(10-13)16(21)19-9-8-18-11-2-4-12(5-3-11)20(22)23/h2-7,10,18H,8-9H2,1H3,(H,19,21). The molecule has 0 spiro atoms. The molecule has 138 valence electrons. The minimum Gasteiger partial charge on any atom is -0.383 e. The van der Waals surface area contributed by atoms with Crippen LogP contribution in [-0.2, 0) is 9.84 Å². The highest BCUT2D eigenvalue weighted by Gasteiger charge is 2.15. The summed E-state index contributed by atoms with van der Waals surface area (Å²) in [4.78, 5) is 22.3. The zero-order valence-electron chi connectivity index (χ0n) is 13.7. The van der Waals surface area contributed by atoms with Gasteiger partial charge < -0.3 is 10.6 Å². The predicted molar refractivity (Wildman–Crippen MR) is 98.5 cm³/mol. The third-order valence-electron chi connectivity index (χ3n) is 3.43. The lowest BCUT2D eigenvalue weighted by atomic mass is 10.2. The van der Waals surface area contributed by atoms with Crippen LogP contribution in [0, 0.1) is 10.1 Å². The Labute approximate surface area is 155 Å². The number of hydrogen-bond acceptors (Lipinski definition) is 6. The van der Waals surface area contributed by atoms with E-state index < -0.39 is 20.7 Å². The molecule has 0 atom stereocenters. The van der Waals surface area contributed by atoms with Gasteiger partial charge in [-0.2, -0.15) is 0 Å². The second-order valence-corrected chi connectivity index (χ2v) is 7.82. The number of carbonyl (C=O) groups is 1. The van der Waals surface area contributed by atoms with Crippen LogP contribution in [0.5, 0.6) is 0 Å². The van der Waals surface area contributed by atoms with Gasteiger partial charge in [0.2, 0.25) is 0 Å². The van der Waals surface area contributed by atoms with Gasteiger partial charge in [-0.15, -0.1) is 0 Å². The van der Waals surface area contributed by atoms with Gasteiger partial charge in [-0.25, -0.2) is 8.42 Å². The Kier molecular flexibility index (Phi) is 6.17. The molecule has 2 N–H and O–H groups in total. The summed E-state index contributed by atoms with van der Waals surface area (Å²) < 4.78 is 23.2. The average molecular weight is 398 g/mol. The van der Waals surface area contributed by atoms with Crippen LogP contribution in [0.25, 0.3) is 0 Å². The second-order valence-electron chi connectivity index (χ2n) is 5.40. The second kappa shape index (κ2) is 8.15. The van der Waals surface area contributed by atoms with Crippen molar-refractivity contribution in [2.75, 3.05) is 24.7 Å². The van der Waals surface area contributed by atoms with E-state index in [1.54, 1.807) is 12.1 Å². The number of amides is 1. The maximum atomic E-state index is 12.2. The zero-order valence-corrected chi connectivity index (χ0v) is 15.3. The normalized spacial score (nSPS) is 11.0. The molecule has 2 aromatic carbocycles. The molecule has 8 nitrogen and oxygen atoms in total. The first kappa shape index (κ1) is 19.7. The van der Waals surface area contributed by atoms with E-state index in [0.29, 0.717) is 12.2 Å². The summed E-state index contributed by atoms with van der Waals surface area (Å²) in [6.45, 7) is 0.613. The molecule has 10 heteroatoms. The predicted octanol–water partition coefficient (Wildman–Crippen LogP) is 2.49. The quantitative estimate of drug-likeness (QED) is 0.421. The van der Waals surface area contributed by atoms with Crippen molar-refractivity contribution in [3.8, 4) is 0 Å². The zero-order chi connectivity index (χ0) is 19.3. The van der Waals surface area contributed by atoms with Crippen molar-refractivity contribution >= 4 is 38.7 Å². The van der Waals surface area contributed by atoms with Crippen LogP contribution in [0.2, 0.25) is 5.02 Å². The number of nitro benzene ring substituents is 1. The third-order valence-corrected chi connectivity index (χ3v) is 4.87. The molecule has 0 saturated heterocycles. The van der Waals surface area contributed by atoms with Crippen LogP contribution in [0.4, 0.5) is 11.4 Å². The topological polar surface area (TPSA) is 118 Å². The van der Waals surface area contributed by atoms with Crippen molar-refractivity contribution in [1.29, 1.82) is 0 Å². The van der Waals surface area contributed by atoms with E-state index in [1.807, 2.05) is 0 Å². The van der Waals surface area contributed by atoms with E-state index in [9.17, 15) is 23.3 Å². The highest BCUT2D eigenvalue weighted by atomic mass is 35.5. The lowest BCUT2D eigenvalue weighted by Gasteiger charge is -2.10. The van der Waals surface area contributed by atoms with E-state index in [4.69, 9.17) is 11.6 Å². The number of hydrogen-bond donors (Lipinski definition) is 2. The Hall–Kier alpha value is -2.65. The number of carbonyl (C=O) groups excluding carboxylic acids is 1. The Morgan fingerprint density at radius 3 is 2.38 bits per heavy atom. The van der Waals surface area contributed by atoms with Gasteiger partial charge in [-0.3, -0.25) is 14.9 Å². The summed E-state index contributed by atoms with van der Waals surface area (Å²) in [5, 5.41) is 16.4. The van der Waals surface area contributed by atoms with Crippen LogP contribution in [0.15, 0.2) is 47.4 Å². The highest BCUT2D eigenvalue weighted by molar-refractivity contribution is 7.90. The van der Waals surface area contributed by atoms with Gasteiger partial charge >= 0.3 is 0 Å². The van der Waals surface area contributed by atoms with E-state index in [-0.39, 0.29) is 27.7 Å². The van der Waals surface area contributed by atoms with E-state index in [0.717, 1.165) is 6.26 Å². The Balaban J connectivity index is 1.92. The fourth-order valence-corrected chi connectivity index (χ4v) is 2.94. The molecule has 0 aromatic heterocycles. The molecule has 26 heavy (non-hydrogen) atoms. The monoisotopic (exact) mass is 397 g/mol. The van der Waals surface area contributed by atoms with Gasteiger partial charge in [0.05, 0.1) is 20.4 Å². The summed E-state index contributed by atoms with van der Waals surface area (Å²) >= 11 is 5.96.